The van der Waals surface area contributed by atoms with Gasteiger partial charge in [0.2, 0.25) is 0 Å². The van der Waals surface area contributed by atoms with Gasteiger partial charge in [-0.3, -0.25) is 4.99 Å². The van der Waals surface area contributed by atoms with Gasteiger partial charge in [0.25, 0.3) is 0 Å². The Morgan fingerprint density at radius 1 is 1.67 bits per heavy atom. The monoisotopic (exact) mass is 127 g/mol. The zero-order chi connectivity index (χ0) is 7.28. The summed E-state index contributed by atoms with van der Waals surface area (Å²) in [4.78, 5) is 3.60. The summed E-state index contributed by atoms with van der Waals surface area (Å²) in [5.74, 6) is 0.0238. The Kier molecular flexibility index (Phi) is 3.87. The van der Waals surface area contributed by atoms with Gasteiger partial charge < -0.3 is 16.6 Å². The number of nitrogens with zero attached hydrogens (tertiary/aromatic N) is 1. The average Bonchev–Trinajstić information content (AvgIpc) is 1.63. The molecule has 0 amide bonds. The Hall–Kier alpha value is -0.705. The largest absolute Gasteiger partial charge is 0.403 e. The van der Waals surface area contributed by atoms with Gasteiger partial charge in [-0.05, 0) is 6.42 Å². The van der Waals surface area contributed by atoms with E-state index in [1.54, 1.807) is 0 Å². The van der Waals surface area contributed by atoms with Crippen molar-refractivity contribution in [3.05, 3.63) is 0 Å². The molecule has 0 aromatic rings. The third-order valence-electron chi connectivity index (χ3n) is 0.719. The molecular formula is C4H10BN3O. The normalized spacial score (nSPS) is 12.6. The minimum Gasteiger partial charge on any atom is -0.403 e. The van der Waals surface area contributed by atoms with Crippen molar-refractivity contribution in [3.63, 3.8) is 0 Å². The number of aliphatic hydroxyl groups is 1. The summed E-state index contributed by atoms with van der Waals surface area (Å²) in [6.07, 6.45) is 0.387. The van der Waals surface area contributed by atoms with E-state index in [0.29, 0.717) is 13.0 Å². The smallest absolute Gasteiger partial charge is 0.185 e. The lowest BCUT2D eigenvalue weighted by Gasteiger charge is -1.98. The number of hydrogen-bond donors (Lipinski definition) is 3. The van der Waals surface area contributed by atoms with Crippen LogP contribution in [0.1, 0.15) is 6.42 Å². The third kappa shape index (κ3) is 7.29. The fourth-order valence-electron chi connectivity index (χ4n) is 0.326. The summed E-state index contributed by atoms with van der Waals surface area (Å²) in [5.41, 5.74) is 9.97. The van der Waals surface area contributed by atoms with Crippen LogP contribution >= 0.6 is 0 Å². The van der Waals surface area contributed by atoms with Crippen LogP contribution in [0.2, 0.25) is 0 Å². The predicted molar refractivity (Wildman–Crippen MR) is 37.1 cm³/mol. The van der Waals surface area contributed by atoms with Gasteiger partial charge in [0.05, 0.1) is 0 Å². The van der Waals surface area contributed by atoms with E-state index in [1.165, 1.54) is 0 Å². The Labute approximate surface area is 55.4 Å². The van der Waals surface area contributed by atoms with Crippen molar-refractivity contribution in [2.75, 3.05) is 6.54 Å². The second kappa shape index (κ2) is 4.20. The predicted octanol–water partition coefficient (Wildman–Crippen LogP) is -1.86. The van der Waals surface area contributed by atoms with Gasteiger partial charge >= 0.3 is 0 Å². The second-order valence-corrected chi connectivity index (χ2v) is 1.66. The maximum absolute atomic E-state index is 8.49. The zero-order valence-corrected chi connectivity index (χ0v) is 5.12. The molecule has 0 bridgehead atoms. The first-order chi connectivity index (χ1) is 4.13. The first kappa shape index (κ1) is 8.29. The summed E-state index contributed by atoms with van der Waals surface area (Å²) >= 11 is 0. The fraction of sp³-hybridized carbons (Fsp3) is 0.750. The van der Waals surface area contributed by atoms with Crippen molar-refractivity contribution in [2.45, 2.75) is 12.4 Å². The number of aliphatic imine (C=N–C) groups is 1. The molecular weight excluding hydrogens is 117 g/mol. The molecule has 0 spiro atoms. The molecule has 5 heteroatoms. The third-order valence-corrected chi connectivity index (χ3v) is 0.719. The molecule has 0 aromatic heterocycles. The van der Waals surface area contributed by atoms with Crippen LogP contribution in [0.15, 0.2) is 4.99 Å². The Bertz CT molecular complexity index is 100.0. The molecule has 0 saturated carbocycles. The van der Waals surface area contributed by atoms with Gasteiger partial charge in [0, 0.05) is 12.5 Å². The lowest BCUT2D eigenvalue weighted by atomic mass is 9.97. The first-order valence-electron chi connectivity index (χ1n) is 2.62. The van der Waals surface area contributed by atoms with Gasteiger partial charge in [0.1, 0.15) is 7.85 Å². The summed E-state index contributed by atoms with van der Waals surface area (Å²) in [6, 6.07) is -0.826. The van der Waals surface area contributed by atoms with E-state index in [-0.39, 0.29) is 5.96 Å². The Balaban J connectivity index is 3.20. The van der Waals surface area contributed by atoms with E-state index in [1.807, 2.05) is 0 Å². The fourth-order valence-corrected chi connectivity index (χ4v) is 0.326. The minimum atomic E-state index is -0.826. The highest BCUT2D eigenvalue weighted by atomic mass is 16.3. The van der Waals surface area contributed by atoms with Crippen molar-refractivity contribution < 1.29 is 5.11 Å². The van der Waals surface area contributed by atoms with Crippen molar-refractivity contribution in [2.24, 2.45) is 16.5 Å². The van der Waals surface area contributed by atoms with E-state index in [2.05, 4.69) is 4.99 Å². The van der Waals surface area contributed by atoms with Crippen molar-refractivity contribution in [1.29, 1.82) is 0 Å². The van der Waals surface area contributed by atoms with Crippen LogP contribution in [0.25, 0.3) is 0 Å². The molecule has 9 heavy (non-hydrogen) atoms. The van der Waals surface area contributed by atoms with E-state index in [0.717, 1.165) is 0 Å². The topological polar surface area (TPSA) is 84.6 Å². The van der Waals surface area contributed by atoms with Gasteiger partial charge in [-0.25, -0.2) is 0 Å². The molecule has 0 saturated heterocycles. The SMILES string of the molecule is [B]C(O)CCN=C(N)N. The quantitative estimate of drug-likeness (QED) is 0.236. The first-order valence-corrected chi connectivity index (χ1v) is 2.62. The van der Waals surface area contributed by atoms with Crippen LogP contribution in [-0.4, -0.2) is 31.5 Å². The maximum Gasteiger partial charge on any atom is 0.185 e. The van der Waals surface area contributed by atoms with Crippen LogP contribution in [0, 0.1) is 0 Å². The molecule has 0 aliphatic rings. The van der Waals surface area contributed by atoms with E-state index < -0.39 is 6.00 Å². The van der Waals surface area contributed by atoms with E-state index in [9.17, 15) is 0 Å². The lowest BCUT2D eigenvalue weighted by Crippen LogP contribution is -2.23. The van der Waals surface area contributed by atoms with Crippen LogP contribution in [0.4, 0.5) is 0 Å². The molecule has 0 aromatic carbocycles. The number of guanidine groups is 1. The van der Waals surface area contributed by atoms with Gasteiger partial charge in [-0.15, -0.1) is 0 Å². The number of hydrogen-bond acceptors (Lipinski definition) is 2. The number of nitrogens with two attached hydrogens (primary N) is 2. The lowest BCUT2D eigenvalue weighted by molar-refractivity contribution is 0.248. The molecule has 1 atom stereocenters. The Morgan fingerprint density at radius 3 is 2.56 bits per heavy atom. The highest BCUT2D eigenvalue weighted by Crippen LogP contribution is 1.84. The molecule has 0 aliphatic heterocycles. The van der Waals surface area contributed by atoms with E-state index >= 15 is 0 Å². The van der Waals surface area contributed by atoms with Crippen LogP contribution in [-0.2, 0) is 0 Å². The van der Waals surface area contributed by atoms with Crippen LogP contribution in [0.5, 0.6) is 0 Å². The molecule has 0 rings (SSSR count). The summed E-state index contributed by atoms with van der Waals surface area (Å²) in [6.45, 7) is 0.375. The van der Waals surface area contributed by atoms with Crippen LogP contribution in [0.3, 0.4) is 0 Å². The molecule has 50 valence electrons. The number of aliphatic hydroxyl groups excluding tert-OH is 1. The van der Waals surface area contributed by atoms with Gasteiger partial charge in [-0.1, -0.05) is 0 Å². The molecule has 2 radical (unpaired) electrons. The van der Waals surface area contributed by atoms with Crippen molar-refractivity contribution >= 4 is 13.8 Å². The summed E-state index contributed by atoms with van der Waals surface area (Å²) in [7, 11) is 4.98. The van der Waals surface area contributed by atoms with Gasteiger partial charge in [-0.2, -0.15) is 0 Å². The molecule has 0 heterocycles. The van der Waals surface area contributed by atoms with Gasteiger partial charge in [0.15, 0.2) is 5.96 Å². The minimum absolute atomic E-state index is 0.0238. The molecule has 0 fully saturated rings. The highest BCUT2D eigenvalue weighted by molar-refractivity contribution is 6.10. The van der Waals surface area contributed by atoms with Crippen molar-refractivity contribution in [3.8, 4) is 0 Å². The molecule has 0 aliphatic carbocycles. The second-order valence-electron chi connectivity index (χ2n) is 1.66. The number of rotatable bonds is 3. The van der Waals surface area contributed by atoms with Crippen LogP contribution < -0.4 is 11.5 Å². The average molecular weight is 127 g/mol. The zero-order valence-electron chi connectivity index (χ0n) is 5.12. The molecule has 4 nitrogen and oxygen atoms in total. The highest BCUT2D eigenvalue weighted by Gasteiger charge is 1.91. The van der Waals surface area contributed by atoms with Crippen molar-refractivity contribution in [1.82, 2.24) is 0 Å². The summed E-state index contributed by atoms with van der Waals surface area (Å²) in [5, 5.41) is 8.49. The maximum atomic E-state index is 8.49. The van der Waals surface area contributed by atoms with E-state index in [4.69, 9.17) is 24.4 Å². The standard InChI is InChI=1S/C4H10BN3O/c5-3(9)1-2-8-4(6)7/h3,9H,1-2H2,(H4,6,7,8). The Morgan fingerprint density at radius 2 is 2.22 bits per heavy atom. The molecule has 1 unspecified atom stereocenters. The summed E-state index contributed by atoms with van der Waals surface area (Å²) < 4.78 is 0. The molecule has 5 N–H and O–H groups in total.